The highest BCUT2D eigenvalue weighted by Crippen LogP contribution is 2.48. The van der Waals surface area contributed by atoms with Gasteiger partial charge in [-0.05, 0) is 36.8 Å². The summed E-state index contributed by atoms with van der Waals surface area (Å²) in [7, 11) is 0. The Morgan fingerprint density at radius 3 is 2.94 bits per heavy atom. The Morgan fingerprint density at radius 1 is 1.62 bits per heavy atom. The predicted molar refractivity (Wildman–Crippen MR) is 70.6 cm³/mol. The molecule has 2 rings (SSSR count). The molecule has 0 saturated heterocycles. The van der Waals surface area contributed by atoms with Gasteiger partial charge >= 0.3 is 0 Å². The van der Waals surface area contributed by atoms with Crippen molar-refractivity contribution in [3.63, 3.8) is 0 Å². The van der Waals surface area contributed by atoms with Gasteiger partial charge in [-0.3, -0.25) is 0 Å². The maximum atomic E-state index is 5.58. The molecule has 1 heterocycles. The lowest BCUT2D eigenvalue weighted by molar-refractivity contribution is 0.521. The van der Waals surface area contributed by atoms with Crippen molar-refractivity contribution in [2.75, 3.05) is 11.9 Å². The van der Waals surface area contributed by atoms with E-state index < -0.39 is 0 Å². The van der Waals surface area contributed by atoms with E-state index in [1.807, 2.05) is 12.1 Å². The molecular weight excluding hydrogens is 218 g/mol. The zero-order valence-corrected chi connectivity index (χ0v) is 10.3. The summed E-state index contributed by atoms with van der Waals surface area (Å²) < 4.78 is 0. The fourth-order valence-electron chi connectivity index (χ4n) is 1.79. The van der Waals surface area contributed by atoms with E-state index in [0.717, 1.165) is 17.9 Å². The second kappa shape index (κ2) is 4.37. The monoisotopic (exact) mass is 235 g/mol. The number of aromatic nitrogens is 1. The molecule has 1 fully saturated rings. The second-order valence-corrected chi connectivity index (χ2v) is 4.94. The highest BCUT2D eigenvalue weighted by atomic mass is 32.1. The SMILES string of the molecule is CCC1(CNc2cc(C(N)=S)ccn2)CC1. The average Bonchev–Trinajstić information content (AvgIpc) is 3.07. The number of hydrogen-bond donors (Lipinski definition) is 2. The third kappa shape index (κ3) is 2.50. The van der Waals surface area contributed by atoms with Crippen LogP contribution in [0.25, 0.3) is 0 Å². The Morgan fingerprint density at radius 2 is 2.38 bits per heavy atom. The Hall–Kier alpha value is -1.16. The number of thiocarbonyl (C=S) groups is 1. The van der Waals surface area contributed by atoms with Gasteiger partial charge in [-0.25, -0.2) is 4.98 Å². The molecule has 0 aliphatic heterocycles. The maximum Gasteiger partial charge on any atom is 0.126 e. The van der Waals surface area contributed by atoms with E-state index in [-0.39, 0.29) is 0 Å². The lowest BCUT2D eigenvalue weighted by Crippen LogP contribution is -2.16. The van der Waals surface area contributed by atoms with Crippen molar-refractivity contribution in [3.8, 4) is 0 Å². The Labute approximate surface area is 101 Å². The summed E-state index contributed by atoms with van der Waals surface area (Å²) >= 11 is 4.94. The first-order chi connectivity index (χ1) is 7.65. The Kier molecular flexibility index (Phi) is 3.10. The zero-order valence-electron chi connectivity index (χ0n) is 9.49. The molecule has 1 aliphatic rings. The summed E-state index contributed by atoms with van der Waals surface area (Å²) in [5.41, 5.74) is 6.96. The van der Waals surface area contributed by atoms with Crippen molar-refractivity contribution in [2.45, 2.75) is 26.2 Å². The molecule has 0 radical (unpaired) electrons. The van der Waals surface area contributed by atoms with Gasteiger partial charge in [-0.15, -0.1) is 0 Å². The molecule has 3 nitrogen and oxygen atoms in total. The molecule has 0 aromatic carbocycles. The van der Waals surface area contributed by atoms with Gasteiger partial charge in [0.1, 0.15) is 10.8 Å². The largest absolute Gasteiger partial charge is 0.389 e. The first-order valence-corrected chi connectivity index (χ1v) is 6.06. The minimum Gasteiger partial charge on any atom is -0.389 e. The number of anilines is 1. The number of pyridine rings is 1. The minimum atomic E-state index is 0.419. The summed E-state index contributed by atoms with van der Waals surface area (Å²) in [6.07, 6.45) is 5.62. The van der Waals surface area contributed by atoms with Crippen LogP contribution in [-0.2, 0) is 0 Å². The highest BCUT2D eigenvalue weighted by Gasteiger charge is 2.40. The fraction of sp³-hybridized carbons (Fsp3) is 0.500. The lowest BCUT2D eigenvalue weighted by atomic mass is 10.0. The van der Waals surface area contributed by atoms with Crippen LogP contribution >= 0.6 is 12.2 Å². The molecule has 0 atom stereocenters. The van der Waals surface area contributed by atoms with Crippen molar-refractivity contribution in [1.82, 2.24) is 4.98 Å². The van der Waals surface area contributed by atoms with E-state index in [1.165, 1.54) is 19.3 Å². The quantitative estimate of drug-likeness (QED) is 0.769. The molecule has 3 N–H and O–H groups in total. The molecule has 86 valence electrons. The third-order valence-electron chi connectivity index (χ3n) is 3.40. The van der Waals surface area contributed by atoms with Crippen LogP contribution in [0.5, 0.6) is 0 Å². The van der Waals surface area contributed by atoms with Crippen LogP contribution in [0.15, 0.2) is 18.3 Å². The molecule has 1 aromatic rings. The molecule has 1 aliphatic carbocycles. The molecule has 0 spiro atoms. The van der Waals surface area contributed by atoms with Crippen LogP contribution in [0.2, 0.25) is 0 Å². The summed E-state index contributed by atoms with van der Waals surface area (Å²) in [4.78, 5) is 4.68. The second-order valence-electron chi connectivity index (χ2n) is 4.50. The molecule has 0 unspecified atom stereocenters. The van der Waals surface area contributed by atoms with Gasteiger partial charge in [-0.1, -0.05) is 19.1 Å². The van der Waals surface area contributed by atoms with E-state index in [0.29, 0.717) is 10.4 Å². The summed E-state index contributed by atoms with van der Waals surface area (Å²) in [5, 5.41) is 3.37. The van der Waals surface area contributed by atoms with Gasteiger partial charge in [0.25, 0.3) is 0 Å². The van der Waals surface area contributed by atoms with Crippen molar-refractivity contribution >= 4 is 23.0 Å². The highest BCUT2D eigenvalue weighted by molar-refractivity contribution is 7.80. The van der Waals surface area contributed by atoms with Crippen LogP contribution in [0.4, 0.5) is 5.82 Å². The topological polar surface area (TPSA) is 50.9 Å². The van der Waals surface area contributed by atoms with Crippen molar-refractivity contribution in [1.29, 1.82) is 0 Å². The molecule has 1 aromatic heterocycles. The predicted octanol–water partition coefficient (Wildman–Crippen LogP) is 2.32. The van der Waals surface area contributed by atoms with Gasteiger partial charge in [0.05, 0.1) is 0 Å². The standard InChI is InChI=1S/C12H17N3S/c1-2-12(4-5-12)8-15-10-7-9(11(13)16)3-6-14-10/h3,6-7H,2,4-5,8H2,1H3,(H2,13,16)(H,14,15). The smallest absolute Gasteiger partial charge is 0.126 e. The normalized spacial score (nSPS) is 16.8. The van der Waals surface area contributed by atoms with Gasteiger partial charge in [0.2, 0.25) is 0 Å². The van der Waals surface area contributed by atoms with Crippen molar-refractivity contribution in [3.05, 3.63) is 23.9 Å². The lowest BCUT2D eigenvalue weighted by Gasteiger charge is -2.14. The van der Waals surface area contributed by atoms with Crippen molar-refractivity contribution in [2.24, 2.45) is 11.1 Å². The average molecular weight is 235 g/mol. The molecule has 16 heavy (non-hydrogen) atoms. The molecule has 1 saturated carbocycles. The van der Waals surface area contributed by atoms with Gasteiger partial charge in [-0.2, -0.15) is 0 Å². The van der Waals surface area contributed by atoms with E-state index in [9.17, 15) is 0 Å². The van der Waals surface area contributed by atoms with E-state index in [4.69, 9.17) is 18.0 Å². The summed E-state index contributed by atoms with van der Waals surface area (Å²) in [6.45, 7) is 3.24. The van der Waals surface area contributed by atoms with Gasteiger partial charge in [0.15, 0.2) is 0 Å². The van der Waals surface area contributed by atoms with E-state index >= 15 is 0 Å². The number of nitrogens with two attached hydrogens (primary N) is 1. The van der Waals surface area contributed by atoms with E-state index in [2.05, 4.69) is 17.2 Å². The summed E-state index contributed by atoms with van der Waals surface area (Å²) in [5.74, 6) is 0.866. The van der Waals surface area contributed by atoms with Crippen LogP contribution in [0.3, 0.4) is 0 Å². The molecular formula is C12H17N3S. The Balaban J connectivity index is 1.99. The first kappa shape index (κ1) is 11.3. The zero-order chi connectivity index (χ0) is 11.6. The fourth-order valence-corrected chi connectivity index (χ4v) is 1.92. The Bertz CT molecular complexity index is 399. The van der Waals surface area contributed by atoms with E-state index in [1.54, 1.807) is 6.20 Å². The van der Waals surface area contributed by atoms with Crippen LogP contribution in [0.1, 0.15) is 31.7 Å². The number of nitrogens with one attached hydrogen (secondary N) is 1. The van der Waals surface area contributed by atoms with Crippen molar-refractivity contribution < 1.29 is 0 Å². The number of rotatable bonds is 5. The minimum absolute atomic E-state index is 0.419. The number of nitrogens with zero attached hydrogens (tertiary/aromatic N) is 1. The molecule has 0 bridgehead atoms. The first-order valence-electron chi connectivity index (χ1n) is 5.65. The molecule has 4 heteroatoms. The van der Waals surface area contributed by atoms with Crippen LogP contribution < -0.4 is 11.1 Å². The number of hydrogen-bond acceptors (Lipinski definition) is 3. The maximum absolute atomic E-state index is 5.58. The molecule has 0 amide bonds. The van der Waals surface area contributed by atoms with Crippen LogP contribution in [-0.4, -0.2) is 16.5 Å². The van der Waals surface area contributed by atoms with Gasteiger partial charge in [0, 0.05) is 18.3 Å². The third-order valence-corrected chi connectivity index (χ3v) is 3.63. The van der Waals surface area contributed by atoms with Crippen LogP contribution in [0, 0.1) is 5.41 Å². The summed E-state index contributed by atoms with van der Waals surface area (Å²) in [6, 6.07) is 3.74. The van der Waals surface area contributed by atoms with Gasteiger partial charge < -0.3 is 11.1 Å².